The zero-order valence-electron chi connectivity index (χ0n) is 8.49. The van der Waals surface area contributed by atoms with Crippen molar-refractivity contribution < 1.29 is 4.74 Å². The van der Waals surface area contributed by atoms with Gasteiger partial charge >= 0.3 is 0 Å². The molecule has 1 aliphatic heterocycles. The average molecular weight is 192 g/mol. The highest BCUT2D eigenvalue weighted by Gasteiger charge is 2.15. The number of pyridine rings is 1. The number of aromatic nitrogens is 1. The Hall–Kier alpha value is -1.09. The molecule has 14 heavy (non-hydrogen) atoms. The van der Waals surface area contributed by atoms with Gasteiger partial charge in [-0.05, 0) is 31.0 Å². The molecule has 0 aliphatic carbocycles. The molecule has 0 bridgehead atoms. The third-order valence-corrected chi connectivity index (χ3v) is 2.50. The number of nitrogens with zero attached hydrogens (tertiary/aromatic N) is 1. The molecule has 0 amide bonds. The molecule has 1 saturated heterocycles. The summed E-state index contributed by atoms with van der Waals surface area (Å²) in [6.45, 7) is 4.14. The first-order valence-electron chi connectivity index (χ1n) is 5.20. The first kappa shape index (κ1) is 9.46. The maximum Gasteiger partial charge on any atom is 0.138 e. The molecule has 1 aliphatic rings. The van der Waals surface area contributed by atoms with Gasteiger partial charge in [-0.1, -0.05) is 6.92 Å². The fourth-order valence-corrected chi connectivity index (χ4v) is 1.64. The predicted octanol–water partition coefficient (Wildman–Crippen LogP) is 1.38. The molecule has 0 spiro atoms. The summed E-state index contributed by atoms with van der Waals surface area (Å²) in [5.74, 6) is 0.901. The van der Waals surface area contributed by atoms with Crippen LogP contribution in [0.15, 0.2) is 18.5 Å². The van der Waals surface area contributed by atoms with Crippen molar-refractivity contribution >= 4 is 0 Å². The molecule has 1 N–H and O–H groups in total. The highest BCUT2D eigenvalue weighted by molar-refractivity contribution is 5.23. The van der Waals surface area contributed by atoms with Gasteiger partial charge in [-0.3, -0.25) is 4.98 Å². The summed E-state index contributed by atoms with van der Waals surface area (Å²) in [7, 11) is 0. The van der Waals surface area contributed by atoms with E-state index in [1.165, 1.54) is 5.56 Å². The minimum Gasteiger partial charge on any atom is -0.487 e. The normalized spacial score (nSPS) is 21.1. The lowest BCUT2D eigenvalue weighted by Crippen LogP contribution is -2.19. The monoisotopic (exact) mass is 192 g/mol. The van der Waals surface area contributed by atoms with E-state index in [1.54, 1.807) is 6.20 Å². The van der Waals surface area contributed by atoms with Gasteiger partial charge in [0.1, 0.15) is 11.9 Å². The molecule has 0 radical (unpaired) electrons. The molecule has 3 nitrogen and oxygen atoms in total. The van der Waals surface area contributed by atoms with E-state index in [-0.39, 0.29) is 0 Å². The van der Waals surface area contributed by atoms with Crippen molar-refractivity contribution in [2.24, 2.45) is 0 Å². The van der Waals surface area contributed by atoms with Crippen molar-refractivity contribution in [3.8, 4) is 5.75 Å². The van der Waals surface area contributed by atoms with Gasteiger partial charge in [0.15, 0.2) is 0 Å². The standard InChI is InChI=1S/C11H16N2O/c1-2-9-5-11(8-13-6-9)14-10-3-4-12-7-10/h5-6,8,10,12H,2-4,7H2,1H3/t10-/m1/s1. The van der Waals surface area contributed by atoms with Gasteiger partial charge in [0.05, 0.1) is 6.20 Å². The van der Waals surface area contributed by atoms with Crippen molar-refractivity contribution in [3.05, 3.63) is 24.0 Å². The Morgan fingerprint density at radius 1 is 1.57 bits per heavy atom. The molecule has 76 valence electrons. The molecule has 3 heteroatoms. The molecule has 1 atom stereocenters. The Balaban J connectivity index is 2.00. The van der Waals surface area contributed by atoms with Gasteiger partial charge in [-0.15, -0.1) is 0 Å². The smallest absolute Gasteiger partial charge is 0.138 e. The topological polar surface area (TPSA) is 34.1 Å². The zero-order valence-corrected chi connectivity index (χ0v) is 8.49. The fourth-order valence-electron chi connectivity index (χ4n) is 1.64. The molecular formula is C11H16N2O. The summed E-state index contributed by atoms with van der Waals surface area (Å²) in [5, 5.41) is 3.28. The van der Waals surface area contributed by atoms with Crippen molar-refractivity contribution in [2.45, 2.75) is 25.9 Å². The lowest BCUT2D eigenvalue weighted by molar-refractivity contribution is 0.222. The number of hydrogen-bond donors (Lipinski definition) is 1. The highest BCUT2D eigenvalue weighted by atomic mass is 16.5. The quantitative estimate of drug-likeness (QED) is 0.785. The number of ether oxygens (including phenoxy) is 1. The van der Waals surface area contributed by atoms with Crippen LogP contribution in [0.25, 0.3) is 0 Å². The Kier molecular flexibility index (Phi) is 2.99. The second kappa shape index (κ2) is 4.42. The van der Waals surface area contributed by atoms with E-state index in [1.807, 2.05) is 6.20 Å². The van der Waals surface area contributed by atoms with E-state index in [2.05, 4.69) is 23.3 Å². The van der Waals surface area contributed by atoms with Crippen LogP contribution in [-0.4, -0.2) is 24.2 Å². The molecular weight excluding hydrogens is 176 g/mol. The van der Waals surface area contributed by atoms with E-state index in [0.717, 1.165) is 31.7 Å². The van der Waals surface area contributed by atoms with E-state index >= 15 is 0 Å². The summed E-state index contributed by atoms with van der Waals surface area (Å²) >= 11 is 0. The maximum absolute atomic E-state index is 5.79. The van der Waals surface area contributed by atoms with E-state index in [4.69, 9.17) is 4.74 Å². The van der Waals surface area contributed by atoms with Crippen LogP contribution < -0.4 is 10.1 Å². The van der Waals surface area contributed by atoms with E-state index in [0.29, 0.717) is 6.10 Å². The molecule has 0 aromatic carbocycles. The number of aryl methyl sites for hydroxylation is 1. The van der Waals surface area contributed by atoms with E-state index < -0.39 is 0 Å². The minimum absolute atomic E-state index is 0.323. The minimum atomic E-state index is 0.323. The SMILES string of the molecule is CCc1cncc(O[C@@H]2CCNC2)c1. The molecule has 2 rings (SSSR count). The first-order valence-corrected chi connectivity index (χ1v) is 5.20. The van der Waals surface area contributed by atoms with Crippen LogP contribution in [-0.2, 0) is 6.42 Å². The third kappa shape index (κ3) is 2.23. The molecule has 1 aromatic rings. The second-order valence-electron chi connectivity index (χ2n) is 3.62. The van der Waals surface area contributed by atoms with Gasteiger partial charge in [-0.25, -0.2) is 0 Å². The maximum atomic E-state index is 5.79. The van der Waals surface area contributed by atoms with Crippen molar-refractivity contribution in [1.29, 1.82) is 0 Å². The third-order valence-electron chi connectivity index (χ3n) is 2.50. The predicted molar refractivity (Wildman–Crippen MR) is 55.5 cm³/mol. The molecule has 1 fully saturated rings. The van der Waals surface area contributed by atoms with Crippen molar-refractivity contribution in [1.82, 2.24) is 10.3 Å². The lowest BCUT2D eigenvalue weighted by Gasteiger charge is -2.12. The summed E-state index contributed by atoms with van der Waals surface area (Å²) in [6.07, 6.45) is 6.10. The summed E-state index contributed by atoms with van der Waals surface area (Å²) in [6, 6.07) is 2.07. The van der Waals surface area contributed by atoms with Gasteiger partial charge in [0.25, 0.3) is 0 Å². The van der Waals surface area contributed by atoms with Gasteiger partial charge in [0, 0.05) is 12.7 Å². The Labute approximate surface area is 84.5 Å². The molecule has 1 aromatic heterocycles. The van der Waals surface area contributed by atoms with Gasteiger partial charge < -0.3 is 10.1 Å². The van der Waals surface area contributed by atoms with Crippen LogP contribution in [0, 0.1) is 0 Å². The number of hydrogen-bond acceptors (Lipinski definition) is 3. The van der Waals surface area contributed by atoms with Crippen molar-refractivity contribution in [3.63, 3.8) is 0 Å². The second-order valence-corrected chi connectivity index (χ2v) is 3.62. The number of nitrogens with one attached hydrogen (secondary N) is 1. The van der Waals surface area contributed by atoms with E-state index in [9.17, 15) is 0 Å². The largest absolute Gasteiger partial charge is 0.487 e. The average Bonchev–Trinajstić information content (AvgIpc) is 2.71. The van der Waals surface area contributed by atoms with Gasteiger partial charge in [-0.2, -0.15) is 0 Å². The summed E-state index contributed by atoms with van der Waals surface area (Å²) < 4.78 is 5.79. The summed E-state index contributed by atoms with van der Waals surface area (Å²) in [4.78, 5) is 4.15. The first-order chi connectivity index (χ1) is 6.88. The van der Waals surface area contributed by atoms with Crippen LogP contribution in [0.1, 0.15) is 18.9 Å². The van der Waals surface area contributed by atoms with Crippen LogP contribution in [0.4, 0.5) is 0 Å². The van der Waals surface area contributed by atoms with Crippen molar-refractivity contribution in [2.75, 3.05) is 13.1 Å². The summed E-state index contributed by atoms with van der Waals surface area (Å²) in [5.41, 5.74) is 1.23. The Morgan fingerprint density at radius 3 is 3.21 bits per heavy atom. The number of rotatable bonds is 3. The van der Waals surface area contributed by atoms with Crippen LogP contribution in [0.3, 0.4) is 0 Å². The molecule has 2 heterocycles. The van der Waals surface area contributed by atoms with Crippen LogP contribution >= 0.6 is 0 Å². The molecule has 0 saturated carbocycles. The van der Waals surface area contributed by atoms with Gasteiger partial charge in [0.2, 0.25) is 0 Å². The van der Waals surface area contributed by atoms with Crippen LogP contribution in [0.5, 0.6) is 5.75 Å². The Morgan fingerprint density at radius 2 is 2.50 bits per heavy atom. The molecule has 0 unspecified atom stereocenters. The zero-order chi connectivity index (χ0) is 9.80. The van der Waals surface area contributed by atoms with Crippen LogP contribution in [0.2, 0.25) is 0 Å². The Bertz CT molecular complexity index is 295. The fraction of sp³-hybridized carbons (Fsp3) is 0.545. The lowest BCUT2D eigenvalue weighted by atomic mass is 10.2. The highest BCUT2D eigenvalue weighted by Crippen LogP contribution is 2.15.